The van der Waals surface area contributed by atoms with Gasteiger partial charge in [-0.05, 0) is 59.4 Å². The highest BCUT2D eigenvalue weighted by Crippen LogP contribution is 2.29. The first-order valence-corrected chi connectivity index (χ1v) is 12.9. The molecule has 1 aliphatic heterocycles. The Kier molecular flexibility index (Phi) is 8.04. The summed E-state index contributed by atoms with van der Waals surface area (Å²) in [6, 6.07) is 14.3. The lowest BCUT2D eigenvalue weighted by Crippen LogP contribution is -2.36. The number of hydrazine groups is 2. The molecule has 0 unspecified atom stereocenters. The van der Waals surface area contributed by atoms with Crippen LogP contribution in [0.25, 0.3) is 5.70 Å². The minimum atomic E-state index is -0.136. The van der Waals surface area contributed by atoms with Crippen molar-refractivity contribution >= 4 is 23.0 Å². The average molecular weight is 515 g/mol. The van der Waals surface area contributed by atoms with Gasteiger partial charge in [-0.25, -0.2) is 0 Å². The van der Waals surface area contributed by atoms with E-state index in [1.807, 2.05) is 54.5 Å². The van der Waals surface area contributed by atoms with Gasteiger partial charge in [0, 0.05) is 41.8 Å². The minimum Gasteiger partial charge on any atom is -0.495 e. The quantitative estimate of drug-likeness (QED) is 0.325. The highest BCUT2D eigenvalue weighted by Gasteiger charge is 2.20. The minimum absolute atomic E-state index is 0.0728. The number of anilines is 2. The van der Waals surface area contributed by atoms with Crippen molar-refractivity contribution in [2.24, 2.45) is 0 Å². The standard InChI is InChI=1S/C30H38N6O2/c1-19(2)32-15-21-10-22(12-24(11-21)30(4,5)6)29(37)33-25-9-8-20(3)28(14-25)36-18-27(34-35-36)23-13-26(38-7)17-31-16-23/h8-14,16-19,32,34-35H,15H2,1-7H3,(H,33,37). The molecule has 0 saturated carbocycles. The molecule has 200 valence electrons. The molecule has 0 atom stereocenters. The van der Waals surface area contributed by atoms with E-state index in [4.69, 9.17) is 4.74 Å². The molecule has 1 amide bonds. The number of amides is 1. The molecule has 0 fully saturated rings. The molecule has 2 heterocycles. The third kappa shape index (κ3) is 6.51. The van der Waals surface area contributed by atoms with Crippen LogP contribution in [0.2, 0.25) is 0 Å². The van der Waals surface area contributed by atoms with Crippen LogP contribution >= 0.6 is 0 Å². The number of hydrogen-bond acceptors (Lipinski definition) is 7. The first kappa shape index (κ1) is 27.2. The van der Waals surface area contributed by atoms with E-state index in [-0.39, 0.29) is 11.3 Å². The number of methoxy groups -OCH3 is 1. The predicted octanol–water partition coefficient (Wildman–Crippen LogP) is 5.27. The molecular weight excluding hydrogens is 476 g/mol. The molecular formula is C30H38N6O2. The highest BCUT2D eigenvalue weighted by molar-refractivity contribution is 6.04. The number of ether oxygens (including phenoxy) is 1. The number of benzene rings is 2. The van der Waals surface area contributed by atoms with Crippen molar-refractivity contribution in [2.45, 2.75) is 59.5 Å². The van der Waals surface area contributed by atoms with Gasteiger partial charge in [-0.1, -0.05) is 46.8 Å². The Hall–Kier alpha value is -3.88. The van der Waals surface area contributed by atoms with Crippen molar-refractivity contribution in [2.75, 3.05) is 17.4 Å². The molecule has 0 radical (unpaired) electrons. The van der Waals surface area contributed by atoms with E-state index >= 15 is 0 Å². The normalized spacial score (nSPS) is 13.4. The third-order valence-electron chi connectivity index (χ3n) is 6.39. The Bertz CT molecular complexity index is 1340. The van der Waals surface area contributed by atoms with Gasteiger partial charge in [-0.2, -0.15) is 0 Å². The Morgan fingerprint density at radius 2 is 1.89 bits per heavy atom. The number of rotatable bonds is 8. The van der Waals surface area contributed by atoms with Crippen LogP contribution in [0, 0.1) is 6.92 Å². The van der Waals surface area contributed by atoms with Gasteiger partial charge in [0.15, 0.2) is 0 Å². The smallest absolute Gasteiger partial charge is 0.255 e. The zero-order valence-corrected chi connectivity index (χ0v) is 23.3. The van der Waals surface area contributed by atoms with Crippen molar-refractivity contribution in [3.8, 4) is 5.75 Å². The van der Waals surface area contributed by atoms with Crippen molar-refractivity contribution in [1.82, 2.24) is 21.3 Å². The molecule has 8 nitrogen and oxygen atoms in total. The predicted molar refractivity (Wildman–Crippen MR) is 154 cm³/mol. The summed E-state index contributed by atoms with van der Waals surface area (Å²) in [5.41, 5.74) is 13.6. The van der Waals surface area contributed by atoms with E-state index in [9.17, 15) is 4.79 Å². The Morgan fingerprint density at radius 3 is 2.61 bits per heavy atom. The second kappa shape index (κ2) is 11.2. The summed E-state index contributed by atoms with van der Waals surface area (Å²) >= 11 is 0. The number of carbonyl (C=O) groups is 1. The number of hydrogen-bond donors (Lipinski definition) is 4. The summed E-state index contributed by atoms with van der Waals surface area (Å²) in [7, 11) is 1.62. The molecule has 8 heteroatoms. The number of nitrogens with one attached hydrogen (secondary N) is 4. The zero-order chi connectivity index (χ0) is 27.4. The van der Waals surface area contributed by atoms with Crippen LogP contribution in [0.3, 0.4) is 0 Å². The Balaban J connectivity index is 1.57. The molecule has 0 bridgehead atoms. The van der Waals surface area contributed by atoms with Gasteiger partial charge in [-0.15, -0.1) is 5.53 Å². The second-order valence-electron chi connectivity index (χ2n) is 10.9. The molecule has 4 N–H and O–H groups in total. The fourth-order valence-corrected chi connectivity index (χ4v) is 4.10. The van der Waals surface area contributed by atoms with E-state index in [1.54, 1.807) is 19.5 Å². The lowest BCUT2D eigenvalue weighted by atomic mass is 9.85. The monoisotopic (exact) mass is 514 g/mol. The Morgan fingerprint density at radius 1 is 1.11 bits per heavy atom. The zero-order valence-electron chi connectivity index (χ0n) is 23.3. The van der Waals surface area contributed by atoms with Gasteiger partial charge in [0.25, 0.3) is 5.91 Å². The number of pyridine rings is 1. The number of aryl methyl sites for hydroxylation is 1. The van der Waals surface area contributed by atoms with Gasteiger partial charge in [0.05, 0.1) is 24.7 Å². The largest absolute Gasteiger partial charge is 0.495 e. The first-order chi connectivity index (χ1) is 18.0. The molecule has 0 spiro atoms. The molecule has 1 aliphatic rings. The molecule has 0 saturated heterocycles. The summed E-state index contributed by atoms with van der Waals surface area (Å²) < 4.78 is 5.30. The summed E-state index contributed by atoms with van der Waals surface area (Å²) in [5.74, 6) is 0.547. The fraction of sp³-hybridized carbons (Fsp3) is 0.333. The molecule has 0 aliphatic carbocycles. The Labute approximate surface area is 225 Å². The van der Waals surface area contributed by atoms with E-state index in [2.05, 4.69) is 67.3 Å². The summed E-state index contributed by atoms with van der Waals surface area (Å²) in [6.07, 6.45) is 5.39. The van der Waals surface area contributed by atoms with E-state index in [1.165, 1.54) is 0 Å². The molecule has 2 aromatic carbocycles. The molecule has 1 aromatic heterocycles. The van der Waals surface area contributed by atoms with Crippen molar-refractivity contribution in [3.05, 3.63) is 88.9 Å². The second-order valence-corrected chi connectivity index (χ2v) is 10.9. The molecule has 4 rings (SSSR count). The lowest BCUT2D eigenvalue weighted by molar-refractivity contribution is 0.102. The van der Waals surface area contributed by atoms with Crippen molar-refractivity contribution < 1.29 is 9.53 Å². The van der Waals surface area contributed by atoms with Gasteiger partial charge in [0.2, 0.25) is 0 Å². The average Bonchev–Trinajstić information content (AvgIpc) is 3.38. The van der Waals surface area contributed by atoms with Crippen molar-refractivity contribution in [3.63, 3.8) is 0 Å². The van der Waals surface area contributed by atoms with Gasteiger partial charge < -0.3 is 20.8 Å². The maximum absolute atomic E-state index is 13.4. The maximum atomic E-state index is 13.4. The summed E-state index contributed by atoms with van der Waals surface area (Å²) in [6.45, 7) is 13.5. The van der Waals surface area contributed by atoms with Gasteiger partial charge >= 0.3 is 0 Å². The third-order valence-corrected chi connectivity index (χ3v) is 6.39. The highest BCUT2D eigenvalue weighted by atomic mass is 16.5. The molecule has 38 heavy (non-hydrogen) atoms. The maximum Gasteiger partial charge on any atom is 0.255 e. The van der Waals surface area contributed by atoms with Crippen LogP contribution in [0.5, 0.6) is 5.75 Å². The summed E-state index contributed by atoms with van der Waals surface area (Å²) in [5, 5.41) is 8.44. The van der Waals surface area contributed by atoms with Crippen LogP contribution in [0.1, 0.15) is 67.2 Å². The first-order valence-electron chi connectivity index (χ1n) is 12.9. The van der Waals surface area contributed by atoms with Gasteiger partial charge in [-0.3, -0.25) is 14.8 Å². The SMILES string of the molecule is COc1cncc(C2=CN(c3cc(NC(=O)c4cc(CNC(C)C)cc(C(C)(C)C)c4)ccc3C)NN2)c1. The van der Waals surface area contributed by atoms with Crippen LogP contribution in [0.15, 0.2) is 61.1 Å². The van der Waals surface area contributed by atoms with Crippen LogP contribution in [-0.4, -0.2) is 24.0 Å². The van der Waals surface area contributed by atoms with Gasteiger partial charge in [0.1, 0.15) is 5.75 Å². The lowest BCUT2D eigenvalue weighted by Gasteiger charge is -2.22. The van der Waals surface area contributed by atoms with E-state index < -0.39 is 0 Å². The molecule has 3 aromatic rings. The number of nitrogens with zero attached hydrogens (tertiary/aromatic N) is 2. The van der Waals surface area contributed by atoms with Crippen LogP contribution in [-0.2, 0) is 12.0 Å². The van der Waals surface area contributed by atoms with Crippen LogP contribution in [0.4, 0.5) is 11.4 Å². The summed E-state index contributed by atoms with van der Waals surface area (Å²) in [4.78, 5) is 17.6. The number of carbonyl (C=O) groups excluding carboxylic acids is 1. The van der Waals surface area contributed by atoms with E-state index in [0.717, 1.165) is 33.6 Å². The number of aromatic nitrogens is 1. The van der Waals surface area contributed by atoms with E-state index in [0.29, 0.717) is 29.6 Å². The topological polar surface area (TPSA) is 90.5 Å². The van der Waals surface area contributed by atoms with Crippen LogP contribution < -0.4 is 31.3 Å². The fourth-order valence-electron chi connectivity index (χ4n) is 4.10. The van der Waals surface area contributed by atoms with Crippen molar-refractivity contribution in [1.29, 1.82) is 0 Å².